The Balaban J connectivity index is 3.29. The zero-order valence-corrected chi connectivity index (χ0v) is 9.71. The average molecular weight is 285 g/mol. The molecule has 0 bridgehead atoms. The van der Waals surface area contributed by atoms with Crippen LogP contribution >= 0.6 is 11.6 Å². The minimum absolute atomic E-state index is 0.368. The third kappa shape index (κ3) is 2.85. The number of aliphatic hydroxyl groups excluding tert-OH is 1. The fourth-order valence-electron chi connectivity index (χ4n) is 1.27. The summed E-state index contributed by atoms with van der Waals surface area (Å²) in [5.41, 5.74) is -1.72. The third-order valence-electron chi connectivity index (χ3n) is 2.13. The number of hydrogen-bond donors (Lipinski definition) is 2. The summed E-state index contributed by atoms with van der Waals surface area (Å²) < 4.78 is 41.3. The highest BCUT2D eigenvalue weighted by Gasteiger charge is 2.34. The van der Waals surface area contributed by atoms with Crippen LogP contribution in [0.5, 0.6) is 5.75 Å². The molecule has 8 heteroatoms. The molecular weight excluding hydrogens is 277 g/mol. The number of carbonyl (C=O) groups excluding carboxylic acids is 1. The molecule has 18 heavy (non-hydrogen) atoms. The summed E-state index contributed by atoms with van der Waals surface area (Å²) in [7, 11) is 0.973. The molecule has 0 saturated carbocycles. The number of halogens is 4. The lowest BCUT2D eigenvalue weighted by Gasteiger charge is -2.15. The fourth-order valence-corrected chi connectivity index (χ4v) is 1.58. The van der Waals surface area contributed by atoms with Gasteiger partial charge in [-0.15, -0.1) is 0 Å². The van der Waals surface area contributed by atoms with Gasteiger partial charge in [0.1, 0.15) is 5.75 Å². The van der Waals surface area contributed by atoms with E-state index < -0.39 is 40.1 Å². The molecule has 0 spiro atoms. The Hall–Kier alpha value is -1.47. The zero-order chi connectivity index (χ0) is 14.1. The molecule has 0 aliphatic rings. The number of ether oxygens (including phenoxy) is 1. The molecule has 0 radical (unpaired) electrons. The lowest BCUT2D eigenvalue weighted by molar-refractivity contribution is -0.150. The van der Waals surface area contributed by atoms with E-state index in [-0.39, 0.29) is 0 Å². The van der Waals surface area contributed by atoms with Gasteiger partial charge in [-0.2, -0.15) is 13.2 Å². The van der Waals surface area contributed by atoms with Gasteiger partial charge in [0.15, 0.2) is 6.10 Å². The molecule has 1 rings (SSSR count). The number of phenols is 1. The predicted molar refractivity (Wildman–Crippen MR) is 55.1 cm³/mol. The molecular formula is C10H8ClF3O4. The Morgan fingerprint density at radius 2 is 2.00 bits per heavy atom. The van der Waals surface area contributed by atoms with Gasteiger partial charge in [-0.3, -0.25) is 0 Å². The molecule has 0 fully saturated rings. The van der Waals surface area contributed by atoms with E-state index in [2.05, 4.69) is 4.74 Å². The van der Waals surface area contributed by atoms with Crippen LogP contribution in [0.3, 0.4) is 0 Å². The van der Waals surface area contributed by atoms with Gasteiger partial charge >= 0.3 is 12.1 Å². The summed E-state index contributed by atoms with van der Waals surface area (Å²) in [6.07, 6.45) is -6.65. The van der Waals surface area contributed by atoms with E-state index in [0.717, 1.165) is 7.11 Å². The summed E-state index contributed by atoms with van der Waals surface area (Å²) in [5, 5.41) is 18.3. The fraction of sp³-hybridized carbons (Fsp3) is 0.300. The van der Waals surface area contributed by atoms with Gasteiger partial charge in [0.25, 0.3) is 0 Å². The molecule has 1 aromatic carbocycles. The van der Waals surface area contributed by atoms with Crippen LogP contribution in [-0.2, 0) is 15.7 Å². The van der Waals surface area contributed by atoms with Crippen LogP contribution in [0.2, 0.25) is 5.02 Å². The number of hydrogen-bond acceptors (Lipinski definition) is 4. The van der Waals surface area contributed by atoms with E-state index in [4.69, 9.17) is 11.6 Å². The number of rotatable bonds is 2. The summed E-state index contributed by atoms with van der Waals surface area (Å²) in [6, 6.07) is 0.871. The number of aliphatic hydroxyl groups is 1. The Kier molecular flexibility index (Phi) is 4.08. The molecule has 1 atom stereocenters. The minimum Gasteiger partial charge on any atom is -0.507 e. The maximum atomic E-state index is 12.4. The largest absolute Gasteiger partial charge is 0.507 e. The molecule has 0 saturated heterocycles. The van der Waals surface area contributed by atoms with Crippen molar-refractivity contribution in [3.8, 4) is 5.75 Å². The Morgan fingerprint density at radius 3 is 2.39 bits per heavy atom. The first-order valence-corrected chi connectivity index (χ1v) is 4.91. The molecule has 1 aromatic rings. The number of esters is 1. The molecule has 0 amide bonds. The van der Waals surface area contributed by atoms with Crippen LogP contribution in [-0.4, -0.2) is 23.3 Å². The minimum atomic E-state index is -4.70. The van der Waals surface area contributed by atoms with Gasteiger partial charge in [0.05, 0.1) is 23.3 Å². The van der Waals surface area contributed by atoms with Crippen molar-refractivity contribution >= 4 is 17.6 Å². The van der Waals surface area contributed by atoms with Crippen molar-refractivity contribution in [1.82, 2.24) is 0 Å². The molecule has 0 heterocycles. The van der Waals surface area contributed by atoms with Gasteiger partial charge in [-0.25, -0.2) is 4.79 Å². The summed E-state index contributed by atoms with van der Waals surface area (Å²) in [5.74, 6) is -2.08. The van der Waals surface area contributed by atoms with Crippen molar-refractivity contribution in [3.05, 3.63) is 28.3 Å². The molecule has 0 aliphatic heterocycles. The van der Waals surface area contributed by atoms with Gasteiger partial charge in [-0.05, 0) is 12.1 Å². The smallest absolute Gasteiger partial charge is 0.416 e. The van der Waals surface area contributed by atoms with Crippen LogP contribution in [0.25, 0.3) is 0 Å². The number of methoxy groups -OCH3 is 1. The summed E-state index contributed by atoms with van der Waals surface area (Å²) in [6.45, 7) is 0. The lowest BCUT2D eigenvalue weighted by Crippen LogP contribution is -2.15. The molecule has 1 unspecified atom stereocenters. The van der Waals surface area contributed by atoms with Gasteiger partial charge in [0, 0.05) is 0 Å². The number of aromatic hydroxyl groups is 1. The Labute approximate surface area is 105 Å². The van der Waals surface area contributed by atoms with Crippen molar-refractivity contribution < 1.29 is 32.9 Å². The monoisotopic (exact) mass is 284 g/mol. The van der Waals surface area contributed by atoms with E-state index in [1.165, 1.54) is 0 Å². The van der Waals surface area contributed by atoms with Crippen LogP contribution in [0.4, 0.5) is 13.2 Å². The number of benzene rings is 1. The molecule has 100 valence electrons. The first kappa shape index (κ1) is 14.6. The first-order valence-electron chi connectivity index (χ1n) is 4.54. The SMILES string of the molecule is COC(=O)C(O)c1c(O)cc(C(F)(F)F)cc1Cl. The van der Waals surface area contributed by atoms with E-state index in [9.17, 15) is 28.2 Å². The van der Waals surface area contributed by atoms with Gasteiger partial charge < -0.3 is 14.9 Å². The standard InChI is InChI=1S/C10H8ClF3O4/c1-18-9(17)8(16)7-5(11)2-4(3-6(7)15)10(12,13)14/h2-3,8,15-16H,1H3. The predicted octanol–water partition coefficient (Wildman–Crippen LogP) is 2.27. The van der Waals surface area contributed by atoms with Crippen molar-refractivity contribution in [3.63, 3.8) is 0 Å². The Morgan fingerprint density at radius 1 is 1.44 bits per heavy atom. The van der Waals surface area contributed by atoms with E-state index >= 15 is 0 Å². The highest BCUT2D eigenvalue weighted by molar-refractivity contribution is 6.32. The molecule has 2 N–H and O–H groups in total. The van der Waals surface area contributed by atoms with E-state index in [1.54, 1.807) is 0 Å². The average Bonchev–Trinajstić information content (AvgIpc) is 2.25. The van der Waals surface area contributed by atoms with Crippen LogP contribution in [0.15, 0.2) is 12.1 Å². The Bertz CT molecular complexity index is 450. The van der Waals surface area contributed by atoms with E-state index in [0.29, 0.717) is 12.1 Å². The topological polar surface area (TPSA) is 66.8 Å². The molecule has 0 aromatic heterocycles. The summed E-state index contributed by atoms with van der Waals surface area (Å²) >= 11 is 5.51. The summed E-state index contributed by atoms with van der Waals surface area (Å²) in [4.78, 5) is 11.0. The maximum absolute atomic E-state index is 12.4. The molecule has 4 nitrogen and oxygen atoms in total. The van der Waals surface area contributed by atoms with Gasteiger partial charge in [-0.1, -0.05) is 11.6 Å². The zero-order valence-electron chi connectivity index (χ0n) is 8.95. The van der Waals surface area contributed by atoms with Gasteiger partial charge in [0.2, 0.25) is 0 Å². The second-order valence-electron chi connectivity index (χ2n) is 3.31. The van der Waals surface area contributed by atoms with Crippen LogP contribution in [0.1, 0.15) is 17.2 Å². The van der Waals surface area contributed by atoms with Crippen LogP contribution in [0, 0.1) is 0 Å². The van der Waals surface area contributed by atoms with Crippen molar-refractivity contribution in [1.29, 1.82) is 0 Å². The third-order valence-corrected chi connectivity index (χ3v) is 2.45. The number of phenolic OH excluding ortho intramolecular Hbond substituents is 1. The van der Waals surface area contributed by atoms with E-state index in [1.807, 2.05) is 0 Å². The highest BCUT2D eigenvalue weighted by Crippen LogP contribution is 2.39. The molecule has 0 aliphatic carbocycles. The highest BCUT2D eigenvalue weighted by atomic mass is 35.5. The second-order valence-corrected chi connectivity index (χ2v) is 3.72. The second kappa shape index (κ2) is 5.03. The lowest BCUT2D eigenvalue weighted by atomic mass is 10.0. The van der Waals surface area contributed by atoms with Crippen molar-refractivity contribution in [2.45, 2.75) is 12.3 Å². The number of carbonyl (C=O) groups is 1. The van der Waals surface area contributed by atoms with Crippen LogP contribution < -0.4 is 0 Å². The van der Waals surface area contributed by atoms with Crippen molar-refractivity contribution in [2.75, 3.05) is 7.11 Å². The normalized spacial score (nSPS) is 13.2. The quantitative estimate of drug-likeness (QED) is 0.818. The number of alkyl halides is 3. The first-order chi connectivity index (χ1) is 8.18. The maximum Gasteiger partial charge on any atom is 0.416 e. The van der Waals surface area contributed by atoms with Crippen molar-refractivity contribution in [2.24, 2.45) is 0 Å².